The first-order valence-electron chi connectivity index (χ1n) is 10.5. The Kier molecular flexibility index (Phi) is 5.30. The molecule has 2 N–H and O–H groups in total. The summed E-state index contributed by atoms with van der Waals surface area (Å²) in [6.45, 7) is 6.43. The van der Waals surface area contributed by atoms with E-state index in [1.807, 2.05) is 24.3 Å². The number of imide groups is 1. The number of fused-ring (bicyclic) bond motifs is 1. The number of anilines is 1. The molecule has 8 heteroatoms. The van der Waals surface area contributed by atoms with Crippen LogP contribution in [0, 0.1) is 11.3 Å². The molecule has 1 aromatic heterocycles. The van der Waals surface area contributed by atoms with Gasteiger partial charge in [0.15, 0.2) is 5.13 Å². The maximum Gasteiger partial charge on any atom is 0.325 e. The lowest BCUT2D eigenvalue weighted by Crippen LogP contribution is -2.51. The largest absolute Gasteiger partial charge is 0.325 e. The van der Waals surface area contributed by atoms with Crippen molar-refractivity contribution in [1.82, 2.24) is 15.2 Å². The molecule has 0 unspecified atom stereocenters. The summed E-state index contributed by atoms with van der Waals surface area (Å²) in [5.41, 5.74) is 0.177. The van der Waals surface area contributed by atoms with Gasteiger partial charge in [0.25, 0.3) is 5.91 Å². The Morgan fingerprint density at radius 1 is 1.30 bits per heavy atom. The Bertz CT molecular complexity index is 958. The average molecular weight is 429 g/mol. The molecule has 30 heavy (non-hydrogen) atoms. The van der Waals surface area contributed by atoms with Crippen LogP contribution in [0.1, 0.15) is 52.9 Å². The number of hydrogen-bond donors (Lipinski definition) is 2. The molecule has 1 aliphatic carbocycles. The second-order valence-corrected chi connectivity index (χ2v) is 10.1. The summed E-state index contributed by atoms with van der Waals surface area (Å²) in [6.07, 6.45) is 4.14. The molecule has 0 atom stereocenters. The maximum atomic E-state index is 13.1. The lowest BCUT2D eigenvalue weighted by molar-refractivity contribution is -0.135. The Morgan fingerprint density at radius 2 is 2.00 bits per heavy atom. The molecule has 2 aromatic rings. The van der Waals surface area contributed by atoms with Crippen LogP contribution in [0.25, 0.3) is 10.2 Å². The summed E-state index contributed by atoms with van der Waals surface area (Å²) in [5, 5.41) is 6.08. The van der Waals surface area contributed by atoms with Gasteiger partial charge in [-0.3, -0.25) is 14.5 Å². The molecule has 1 saturated heterocycles. The van der Waals surface area contributed by atoms with Gasteiger partial charge in [-0.2, -0.15) is 0 Å². The first-order chi connectivity index (χ1) is 14.2. The van der Waals surface area contributed by atoms with Crippen molar-refractivity contribution in [2.75, 3.05) is 11.9 Å². The van der Waals surface area contributed by atoms with Crippen molar-refractivity contribution in [3.63, 3.8) is 0 Å². The van der Waals surface area contributed by atoms with Crippen LogP contribution in [0.3, 0.4) is 0 Å². The summed E-state index contributed by atoms with van der Waals surface area (Å²) < 4.78 is 0.966. The summed E-state index contributed by atoms with van der Waals surface area (Å²) in [5.74, 6) is -0.163. The minimum Gasteiger partial charge on any atom is -0.323 e. The van der Waals surface area contributed by atoms with Crippen LogP contribution >= 0.6 is 11.3 Å². The molecule has 2 aliphatic rings. The third kappa shape index (κ3) is 3.69. The first-order valence-corrected chi connectivity index (χ1v) is 11.4. The Hall–Kier alpha value is -2.48. The van der Waals surface area contributed by atoms with Crippen LogP contribution < -0.4 is 10.6 Å². The van der Waals surface area contributed by atoms with E-state index in [1.54, 1.807) is 0 Å². The average Bonchev–Trinajstić information content (AvgIpc) is 3.22. The topological polar surface area (TPSA) is 91.4 Å². The molecule has 1 aromatic carbocycles. The van der Waals surface area contributed by atoms with Gasteiger partial charge in [-0.15, -0.1) is 0 Å². The van der Waals surface area contributed by atoms with Crippen LogP contribution in [-0.4, -0.2) is 39.8 Å². The third-order valence-electron chi connectivity index (χ3n) is 6.94. The fourth-order valence-electron chi connectivity index (χ4n) is 4.57. The van der Waals surface area contributed by atoms with Gasteiger partial charge in [0.1, 0.15) is 12.1 Å². The fourth-order valence-corrected chi connectivity index (χ4v) is 5.45. The zero-order valence-electron chi connectivity index (χ0n) is 17.7. The number of aromatic nitrogens is 1. The lowest BCUT2D eigenvalue weighted by Gasteiger charge is -2.42. The maximum absolute atomic E-state index is 13.1. The molecular weight excluding hydrogens is 400 g/mol. The van der Waals surface area contributed by atoms with Crippen molar-refractivity contribution in [1.29, 1.82) is 0 Å². The molecule has 2 heterocycles. The molecular formula is C22H28N4O3S. The van der Waals surface area contributed by atoms with E-state index < -0.39 is 17.5 Å². The second kappa shape index (κ2) is 7.65. The molecule has 4 amide bonds. The van der Waals surface area contributed by atoms with E-state index in [0.29, 0.717) is 23.9 Å². The van der Waals surface area contributed by atoms with E-state index in [2.05, 4.69) is 36.4 Å². The van der Waals surface area contributed by atoms with Gasteiger partial charge in [0.2, 0.25) is 5.91 Å². The number of amides is 4. The molecule has 4 rings (SSSR count). The van der Waals surface area contributed by atoms with Gasteiger partial charge in [-0.1, -0.05) is 50.7 Å². The smallest absolute Gasteiger partial charge is 0.323 e. The standard InChI is InChI=1S/C22H28N4O3S/c1-4-21(2,3)14-9-11-22(12-10-14)18(28)26(20(29)25-22)13-17(27)24-19-23-15-7-5-6-8-16(15)30-19/h5-8,14H,4,9-13H2,1-3H3,(H,25,29)(H,23,24,27). The van der Waals surface area contributed by atoms with Crippen molar-refractivity contribution >= 4 is 44.5 Å². The van der Waals surface area contributed by atoms with Gasteiger partial charge in [-0.05, 0) is 49.1 Å². The SMILES string of the molecule is CCC(C)(C)C1CCC2(CC1)NC(=O)N(CC(=O)Nc1nc3ccccc3s1)C2=O. The highest BCUT2D eigenvalue weighted by atomic mass is 32.1. The van der Waals surface area contributed by atoms with Gasteiger partial charge in [0.05, 0.1) is 10.2 Å². The van der Waals surface area contributed by atoms with Crippen LogP contribution in [0.5, 0.6) is 0 Å². The summed E-state index contributed by atoms with van der Waals surface area (Å²) in [6, 6.07) is 7.12. The summed E-state index contributed by atoms with van der Waals surface area (Å²) in [7, 11) is 0. The number of nitrogens with zero attached hydrogens (tertiary/aromatic N) is 2. The van der Waals surface area contributed by atoms with E-state index in [4.69, 9.17) is 0 Å². The number of carbonyl (C=O) groups is 3. The predicted octanol–water partition coefficient (Wildman–Crippen LogP) is 4.15. The number of thiazole rings is 1. The molecule has 7 nitrogen and oxygen atoms in total. The molecule has 0 bridgehead atoms. The minimum atomic E-state index is -0.854. The summed E-state index contributed by atoms with van der Waals surface area (Å²) >= 11 is 1.36. The van der Waals surface area contributed by atoms with Crippen LogP contribution in [0.2, 0.25) is 0 Å². The number of carbonyl (C=O) groups excluding carboxylic acids is 3. The van der Waals surface area contributed by atoms with Crippen molar-refractivity contribution in [2.45, 2.75) is 58.4 Å². The minimum absolute atomic E-state index is 0.226. The summed E-state index contributed by atoms with van der Waals surface area (Å²) in [4.78, 5) is 43.6. The van der Waals surface area contributed by atoms with E-state index in [0.717, 1.165) is 34.4 Å². The highest BCUT2D eigenvalue weighted by molar-refractivity contribution is 7.22. The molecule has 2 fully saturated rings. The number of nitrogens with one attached hydrogen (secondary N) is 2. The molecule has 1 spiro atoms. The Balaban J connectivity index is 1.40. The Morgan fingerprint density at radius 3 is 2.67 bits per heavy atom. The second-order valence-electron chi connectivity index (χ2n) is 9.05. The van der Waals surface area contributed by atoms with Crippen molar-refractivity contribution < 1.29 is 14.4 Å². The normalized spacial score (nSPS) is 24.5. The number of para-hydroxylation sites is 1. The van der Waals surface area contributed by atoms with Crippen molar-refractivity contribution in [3.8, 4) is 0 Å². The molecule has 160 valence electrons. The number of rotatable bonds is 5. The molecule has 0 radical (unpaired) electrons. The highest BCUT2D eigenvalue weighted by Crippen LogP contribution is 2.45. The number of benzene rings is 1. The van der Waals surface area contributed by atoms with Crippen LogP contribution in [-0.2, 0) is 9.59 Å². The monoisotopic (exact) mass is 428 g/mol. The van der Waals surface area contributed by atoms with Crippen LogP contribution in [0.4, 0.5) is 9.93 Å². The number of urea groups is 1. The van der Waals surface area contributed by atoms with E-state index in [1.165, 1.54) is 11.3 Å². The Labute approximate surface area is 180 Å². The zero-order chi connectivity index (χ0) is 21.5. The van der Waals surface area contributed by atoms with Gasteiger partial charge in [0, 0.05) is 0 Å². The predicted molar refractivity (Wildman–Crippen MR) is 117 cm³/mol. The van der Waals surface area contributed by atoms with E-state index in [9.17, 15) is 14.4 Å². The lowest BCUT2D eigenvalue weighted by atomic mass is 9.65. The first kappa shape index (κ1) is 20.8. The van der Waals surface area contributed by atoms with Crippen molar-refractivity contribution in [2.24, 2.45) is 11.3 Å². The van der Waals surface area contributed by atoms with E-state index in [-0.39, 0.29) is 17.9 Å². The van der Waals surface area contributed by atoms with E-state index >= 15 is 0 Å². The van der Waals surface area contributed by atoms with Gasteiger partial charge < -0.3 is 10.6 Å². The fraction of sp³-hybridized carbons (Fsp3) is 0.545. The molecule has 1 saturated carbocycles. The highest BCUT2D eigenvalue weighted by Gasteiger charge is 2.53. The van der Waals surface area contributed by atoms with Crippen LogP contribution in [0.15, 0.2) is 24.3 Å². The van der Waals surface area contributed by atoms with Gasteiger partial charge >= 0.3 is 6.03 Å². The quantitative estimate of drug-likeness (QED) is 0.700. The molecule has 1 aliphatic heterocycles. The number of hydrogen-bond acceptors (Lipinski definition) is 5. The third-order valence-corrected chi connectivity index (χ3v) is 7.90. The zero-order valence-corrected chi connectivity index (χ0v) is 18.5. The van der Waals surface area contributed by atoms with Crippen molar-refractivity contribution in [3.05, 3.63) is 24.3 Å². The van der Waals surface area contributed by atoms with Gasteiger partial charge in [-0.25, -0.2) is 9.78 Å².